The highest BCUT2D eigenvalue weighted by atomic mass is 19.4. The van der Waals surface area contributed by atoms with Crippen molar-refractivity contribution >= 4 is 23.6 Å². The molecule has 10 heteroatoms. The second-order valence-electron chi connectivity index (χ2n) is 9.15. The number of likely N-dealkylation sites (N-methyl/N-ethyl adjacent to an activating group) is 1. The van der Waals surface area contributed by atoms with Gasteiger partial charge in [0.1, 0.15) is 0 Å². The fourth-order valence-electron chi connectivity index (χ4n) is 5.15. The summed E-state index contributed by atoms with van der Waals surface area (Å²) in [6.07, 6.45) is -4.20. The van der Waals surface area contributed by atoms with Crippen LogP contribution in [-0.4, -0.2) is 71.1 Å². The van der Waals surface area contributed by atoms with Crippen molar-refractivity contribution in [3.05, 3.63) is 35.4 Å². The first kappa shape index (κ1) is 26.7. The maximum Gasteiger partial charge on any atom is 0.416 e. The van der Waals surface area contributed by atoms with Crippen molar-refractivity contribution in [1.82, 2.24) is 14.7 Å². The van der Waals surface area contributed by atoms with Crippen LogP contribution in [0.2, 0.25) is 0 Å². The molecule has 2 aliphatic rings. The van der Waals surface area contributed by atoms with Crippen LogP contribution in [0.25, 0.3) is 0 Å². The molecule has 0 radical (unpaired) electrons. The van der Waals surface area contributed by atoms with E-state index in [0.29, 0.717) is 32.5 Å². The van der Waals surface area contributed by atoms with Gasteiger partial charge in [-0.1, -0.05) is 18.2 Å². The van der Waals surface area contributed by atoms with Crippen LogP contribution in [-0.2, 0) is 30.8 Å². The number of likely N-dealkylation sites (tertiary alicyclic amines) is 2. The van der Waals surface area contributed by atoms with Crippen molar-refractivity contribution < 1.29 is 32.3 Å². The lowest BCUT2D eigenvalue weighted by Crippen LogP contribution is -2.49. The van der Waals surface area contributed by atoms with E-state index in [4.69, 9.17) is 0 Å². The molecule has 35 heavy (non-hydrogen) atoms. The predicted octanol–water partition coefficient (Wildman–Crippen LogP) is 3.22. The number of piperidine rings is 1. The second kappa shape index (κ2) is 10.4. The van der Waals surface area contributed by atoms with Gasteiger partial charge in [0.2, 0.25) is 23.6 Å². The molecule has 7 nitrogen and oxygen atoms in total. The molecule has 4 amide bonds. The zero-order valence-corrected chi connectivity index (χ0v) is 20.4. The zero-order chi connectivity index (χ0) is 26.0. The molecule has 2 heterocycles. The van der Waals surface area contributed by atoms with Gasteiger partial charge >= 0.3 is 6.18 Å². The summed E-state index contributed by atoms with van der Waals surface area (Å²) in [6, 6.07) is 4.32. The molecule has 2 atom stereocenters. The number of hydrogen-bond acceptors (Lipinski definition) is 4. The summed E-state index contributed by atoms with van der Waals surface area (Å²) in [5.74, 6) is -2.03. The Labute approximate surface area is 203 Å². The van der Waals surface area contributed by atoms with Crippen molar-refractivity contribution in [2.75, 3.05) is 32.7 Å². The van der Waals surface area contributed by atoms with E-state index in [2.05, 4.69) is 0 Å². The molecule has 2 aliphatic heterocycles. The number of benzene rings is 1. The summed E-state index contributed by atoms with van der Waals surface area (Å²) in [6.45, 7) is 7.13. The first-order valence-electron chi connectivity index (χ1n) is 12.1. The van der Waals surface area contributed by atoms with Crippen molar-refractivity contribution in [2.24, 2.45) is 5.92 Å². The molecule has 0 bridgehead atoms. The molecule has 2 unspecified atom stereocenters. The lowest BCUT2D eigenvalue weighted by atomic mass is 9.75. The van der Waals surface area contributed by atoms with Gasteiger partial charge in [-0.05, 0) is 45.2 Å². The third-order valence-corrected chi connectivity index (χ3v) is 7.12. The fraction of sp³-hybridized carbons (Fsp3) is 0.600. The van der Waals surface area contributed by atoms with Gasteiger partial charge in [0.25, 0.3) is 0 Å². The predicted molar refractivity (Wildman–Crippen MR) is 122 cm³/mol. The summed E-state index contributed by atoms with van der Waals surface area (Å²) in [7, 11) is 0. The summed E-state index contributed by atoms with van der Waals surface area (Å²) in [4.78, 5) is 56.5. The van der Waals surface area contributed by atoms with E-state index in [1.165, 1.54) is 17.0 Å². The Bertz CT molecular complexity index is 992. The number of carbonyl (C=O) groups excluding carboxylic acids is 4. The van der Waals surface area contributed by atoms with Gasteiger partial charge < -0.3 is 9.80 Å². The molecule has 0 aliphatic carbocycles. The van der Waals surface area contributed by atoms with Crippen LogP contribution in [0.5, 0.6) is 0 Å². The highest BCUT2D eigenvalue weighted by Crippen LogP contribution is 2.42. The van der Waals surface area contributed by atoms with Crippen LogP contribution in [0.15, 0.2) is 24.3 Å². The van der Waals surface area contributed by atoms with E-state index < -0.39 is 41.3 Å². The second-order valence-corrected chi connectivity index (χ2v) is 9.15. The monoisotopic (exact) mass is 495 g/mol. The van der Waals surface area contributed by atoms with Gasteiger partial charge in [-0.15, -0.1) is 0 Å². The maximum atomic E-state index is 13.4. The van der Waals surface area contributed by atoms with Gasteiger partial charge in [-0.3, -0.25) is 24.1 Å². The minimum Gasteiger partial charge on any atom is -0.343 e. The van der Waals surface area contributed by atoms with Crippen LogP contribution in [0.3, 0.4) is 0 Å². The quantitative estimate of drug-likeness (QED) is 0.545. The Morgan fingerprint density at radius 1 is 1.14 bits per heavy atom. The fourth-order valence-corrected chi connectivity index (χ4v) is 5.15. The lowest BCUT2D eigenvalue weighted by molar-refractivity contribution is -0.145. The maximum absolute atomic E-state index is 13.4. The Hall–Kier alpha value is -2.91. The number of carbonyl (C=O) groups is 4. The van der Waals surface area contributed by atoms with Crippen LogP contribution in [0.4, 0.5) is 13.2 Å². The number of rotatable bonds is 7. The number of hydrogen-bond donors (Lipinski definition) is 0. The first-order chi connectivity index (χ1) is 16.5. The Morgan fingerprint density at radius 2 is 1.83 bits per heavy atom. The Kier molecular flexibility index (Phi) is 7.91. The topological polar surface area (TPSA) is 78.0 Å². The van der Waals surface area contributed by atoms with Crippen molar-refractivity contribution in [3.8, 4) is 0 Å². The molecule has 0 N–H and O–H groups in total. The van der Waals surface area contributed by atoms with Crippen LogP contribution >= 0.6 is 0 Å². The molecule has 0 aromatic heterocycles. The van der Waals surface area contributed by atoms with E-state index in [-0.39, 0.29) is 36.9 Å². The highest BCUT2D eigenvalue weighted by molar-refractivity contribution is 6.10. The summed E-state index contributed by atoms with van der Waals surface area (Å²) < 4.78 is 40.3. The Morgan fingerprint density at radius 3 is 2.40 bits per heavy atom. The number of alkyl halides is 3. The van der Waals surface area contributed by atoms with Gasteiger partial charge in [0, 0.05) is 45.6 Å². The number of nitrogens with zero attached hydrogens (tertiary/aromatic N) is 3. The van der Waals surface area contributed by atoms with E-state index in [1.54, 1.807) is 11.8 Å². The van der Waals surface area contributed by atoms with Crippen LogP contribution in [0.1, 0.15) is 57.6 Å². The normalized spacial score (nSPS) is 23.1. The Balaban J connectivity index is 1.92. The van der Waals surface area contributed by atoms with Crippen LogP contribution < -0.4 is 0 Å². The number of halogens is 3. The average Bonchev–Trinajstić information content (AvgIpc) is 3.08. The van der Waals surface area contributed by atoms with Crippen molar-refractivity contribution in [2.45, 2.75) is 58.0 Å². The minimum atomic E-state index is -4.64. The van der Waals surface area contributed by atoms with Crippen molar-refractivity contribution in [3.63, 3.8) is 0 Å². The number of amides is 4. The molecule has 1 aromatic carbocycles. The van der Waals surface area contributed by atoms with Gasteiger partial charge in [0.15, 0.2) is 0 Å². The van der Waals surface area contributed by atoms with Crippen molar-refractivity contribution in [1.29, 1.82) is 0 Å². The molecule has 1 aromatic rings. The van der Waals surface area contributed by atoms with Gasteiger partial charge in [0.05, 0.1) is 16.9 Å². The molecule has 0 spiro atoms. The molecule has 2 saturated heterocycles. The third-order valence-electron chi connectivity index (χ3n) is 7.12. The zero-order valence-electron chi connectivity index (χ0n) is 20.4. The summed E-state index contributed by atoms with van der Waals surface area (Å²) >= 11 is 0. The average molecular weight is 496 g/mol. The number of imide groups is 1. The minimum absolute atomic E-state index is 0.00255. The van der Waals surface area contributed by atoms with E-state index >= 15 is 0 Å². The molecule has 0 saturated carbocycles. The summed E-state index contributed by atoms with van der Waals surface area (Å²) in [5.41, 5.74) is -2.65. The lowest BCUT2D eigenvalue weighted by Gasteiger charge is -2.36. The van der Waals surface area contributed by atoms with E-state index in [0.717, 1.165) is 17.0 Å². The van der Waals surface area contributed by atoms with Gasteiger partial charge in [-0.2, -0.15) is 13.2 Å². The molecular formula is C25H32F3N3O4. The van der Waals surface area contributed by atoms with Gasteiger partial charge in [-0.25, -0.2) is 0 Å². The molecule has 2 fully saturated rings. The largest absolute Gasteiger partial charge is 0.416 e. The third kappa shape index (κ3) is 5.21. The molecule has 192 valence electrons. The van der Waals surface area contributed by atoms with E-state index in [1.807, 2.05) is 13.8 Å². The van der Waals surface area contributed by atoms with E-state index in [9.17, 15) is 32.3 Å². The highest BCUT2D eigenvalue weighted by Gasteiger charge is 2.54. The molecule has 3 rings (SSSR count). The summed E-state index contributed by atoms with van der Waals surface area (Å²) in [5, 5.41) is 0. The SMILES string of the molecule is CCN(CC)C(=O)C1CCCN(C(=O)CC2(c3cccc(C(F)(F)F)c3)CC(=O)N(CC)C2=O)C1. The first-order valence-corrected chi connectivity index (χ1v) is 12.1. The van der Waals surface area contributed by atoms with Crippen LogP contribution in [0, 0.1) is 5.92 Å². The standard InChI is InChI=1S/C25H32F3N3O4/c1-4-29(5-2)22(34)17-9-8-12-30(16-17)20(32)14-24(15-21(33)31(6-3)23(24)35)18-10-7-11-19(13-18)25(26,27)28/h7,10-11,13,17H,4-6,8-9,12,14-16H2,1-3H3. The smallest absolute Gasteiger partial charge is 0.343 e. The molecular weight excluding hydrogens is 463 g/mol.